The third-order valence-electron chi connectivity index (χ3n) is 3.48. The van der Waals surface area contributed by atoms with Gasteiger partial charge in [-0.1, -0.05) is 18.2 Å². The number of anilines is 1. The van der Waals surface area contributed by atoms with Crippen LogP contribution in [0.15, 0.2) is 42.5 Å². The zero-order chi connectivity index (χ0) is 14.8. The Labute approximate surface area is 123 Å². The molecule has 4 nitrogen and oxygen atoms in total. The lowest BCUT2D eigenvalue weighted by Gasteiger charge is -2.10. The van der Waals surface area contributed by atoms with Gasteiger partial charge in [0.05, 0.1) is 10.9 Å². The average Bonchev–Trinajstić information content (AvgIpc) is 2.51. The Morgan fingerprint density at radius 2 is 1.76 bits per heavy atom. The number of para-hydroxylation sites is 1. The van der Waals surface area contributed by atoms with Gasteiger partial charge in [-0.15, -0.1) is 0 Å². The Bertz CT molecular complexity index is 799. The molecule has 2 aromatic carbocycles. The molecule has 0 saturated carbocycles. The zero-order valence-corrected chi connectivity index (χ0v) is 12.3. The molecule has 0 aliphatic rings. The third kappa shape index (κ3) is 2.65. The largest absolute Gasteiger partial charge is 0.438 e. The molecule has 0 bridgehead atoms. The molecule has 0 saturated heterocycles. The molecule has 4 heteroatoms. The Kier molecular flexibility index (Phi) is 3.44. The minimum Gasteiger partial charge on any atom is -0.438 e. The van der Waals surface area contributed by atoms with E-state index in [1.165, 1.54) is 11.1 Å². The predicted molar refractivity (Wildman–Crippen MR) is 85.1 cm³/mol. The van der Waals surface area contributed by atoms with E-state index in [-0.39, 0.29) is 0 Å². The van der Waals surface area contributed by atoms with Gasteiger partial charge in [0.15, 0.2) is 0 Å². The molecule has 3 rings (SSSR count). The maximum atomic E-state index is 5.98. The van der Waals surface area contributed by atoms with Crippen LogP contribution in [0.3, 0.4) is 0 Å². The van der Waals surface area contributed by atoms with Crippen LogP contribution in [0.2, 0.25) is 0 Å². The van der Waals surface area contributed by atoms with Gasteiger partial charge in [0.25, 0.3) is 0 Å². The van der Waals surface area contributed by atoms with Crippen molar-refractivity contribution >= 4 is 16.9 Å². The summed E-state index contributed by atoms with van der Waals surface area (Å²) >= 11 is 0. The van der Waals surface area contributed by atoms with Gasteiger partial charge in [0.2, 0.25) is 11.8 Å². The normalized spacial score (nSPS) is 10.6. The summed E-state index contributed by atoms with van der Waals surface area (Å²) in [6, 6.07) is 13.8. The van der Waals surface area contributed by atoms with Gasteiger partial charge in [-0.25, -0.2) is 4.98 Å². The highest BCUT2D eigenvalue weighted by Crippen LogP contribution is 2.29. The molecule has 0 fully saturated rings. The van der Waals surface area contributed by atoms with Crippen molar-refractivity contribution < 1.29 is 4.74 Å². The molecule has 1 N–H and O–H groups in total. The Morgan fingerprint density at radius 1 is 0.952 bits per heavy atom. The minimum atomic E-state index is 0.549. The van der Waals surface area contributed by atoms with Crippen LogP contribution in [0.25, 0.3) is 10.9 Å². The lowest BCUT2D eigenvalue weighted by atomic mass is 10.1. The lowest BCUT2D eigenvalue weighted by Crippen LogP contribution is -1.99. The van der Waals surface area contributed by atoms with Crippen LogP contribution in [0.5, 0.6) is 11.6 Å². The first-order valence-electron chi connectivity index (χ1n) is 6.87. The second-order valence-corrected chi connectivity index (χ2v) is 4.97. The topological polar surface area (TPSA) is 47.0 Å². The molecule has 0 radical (unpaired) electrons. The number of nitrogens with one attached hydrogen (secondary N) is 1. The van der Waals surface area contributed by atoms with E-state index in [9.17, 15) is 0 Å². The maximum Gasteiger partial charge on any atom is 0.231 e. The van der Waals surface area contributed by atoms with Gasteiger partial charge in [0.1, 0.15) is 5.75 Å². The van der Waals surface area contributed by atoms with Gasteiger partial charge in [-0.05, 0) is 49.2 Å². The van der Waals surface area contributed by atoms with Gasteiger partial charge in [-0.3, -0.25) is 0 Å². The monoisotopic (exact) mass is 279 g/mol. The zero-order valence-electron chi connectivity index (χ0n) is 12.3. The third-order valence-corrected chi connectivity index (χ3v) is 3.48. The molecule has 106 valence electrons. The molecule has 1 heterocycles. The smallest absolute Gasteiger partial charge is 0.231 e. The average molecular weight is 279 g/mol. The van der Waals surface area contributed by atoms with Gasteiger partial charge < -0.3 is 10.1 Å². The van der Waals surface area contributed by atoms with Crippen molar-refractivity contribution in [1.29, 1.82) is 0 Å². The van der Waals surface area contributed by atoms with E-state index in [0.29, 0.717) is 11.8 Å². The molecule has 0 atom stereocenters. The highest BCUT2D eigenvalue weighted by molar-refractivity contribution is 5.84. The van der Waals surface area contributed by atoms with Gasteiger partial charge >= 0.3 is 0 Å². The Balaban J connectivity index is 2.08. The quantitative estimate of drug-likeness (QED) is 0.784. The molecule has 0 spiro atoms. The molecular weight excluding hydrogens is 262 g/mol. The number of nitrogens with zero attached hydrogens (tertiary/aromatic N) is 2. The minimum absolute atomic E-state index is 0.549. The predicted octanol–water partition coefficient (Wildman–Crippen LogP) is 4.08. The van der Waals surface area contributed by atoms with Crippen molar-refractivity contribution in [3.05, 3.63) is 53.6 Å². The fraction of sp³-hybridized carbons (Fsp3) is 0.176. The SMILES string of the molecule is CNc1nc(Oc2ccc(C)c(C)c2)c2ccccc2n1. The van der Waals surface area contributed by atoms with Crippen LogP contribution in [0.4, 0.5) is 5.95 Å². The maximum absolute atomic E-state index is 5.98. The summed E-state index contributed by atoms with van der Waals surface area (Å²) in [5.41, 5.74) is 3.29. The molecular formula is C17H17N3O. The van der Waals surface area contributed by atoms with Crippen molar-refractivity contribution in [2.45, 2.75) is 13.8 Å². The number of fused-ring (bicyclic) bond motifs is 1. The number of aromatic nitrogens is 2. The molecule has 3 aromatic rings. The number of hydrogen-bond donors (Lipinski definition) is 1. The van der Waals surface area contributed by atoms with Crippen LogP contribution < -0.4 is 10.1 Å². The van der Waals surface area contributed by atoms with E-state index in [1.54, 1.807) is 7.05 Å². The fourth-order valence-electron chi connectivity index (χ4n) is 2.13. The highest BCUT2D eigenvalue weighted by atomic mass is 16.5. The van der Waals surface area contributed by atoms with Crippen LogP contribution in [0, 0.1) is 13.8 Å². The first-order chi connectivity index (χ1) is 10.2. The summed E-state index contributed by atoms with van der Waals surface area (Å²) in [6.45, 7) is 4.15. The van der Waals surface area contributed by atoms with Crippen molar-refractivity contribution in [2.24, 2.45) is 0 Å². The first-order valence-corrected chi connectivity index (χ1v) is 6.87. The van der Waals surface area contributed by atoms with E-state index in [0.717, 1.165) is 16.7 Å². The number of benzene rings is 2. The summed E-state index contributed by atoms with van der Waals surface area (Å²) in [5.74, 6) is 1.89. The first kappa shape index (κ1) is 13.4. The van der Waals surface area contributed by atoms with Gasteiger partial charge in [-0.2, -0.15) is 4.98 Å². The standard InChI is InChI=1S/C17H17N3O/c1-11-8-9-13(10-12(11)2)21-16-14-6-4-5-7-15(14)19-17(18-3)20-16/h4-10H,1-3H3,(H,18,19,20). The molecule has 0 amide bonds. The van der Waals surface area contributed by atoms with E-state index >= 15 is 0 Å². The molecule has 0 aliphatic carbocycles. The van der Waals surface area contributed by atoms with Crippen LogP contribution in [0.1, 0.15) is 11.1 Å². The fourth-order valence-corrected chi connectivity index (χ4v) is 2.13. The number of ether oxygens (including phenoxy) is 1. The van der Waals surface area contributed by atoms with Crippen molar-refractivity contribution in [1.82, 2.24) is 9.97 Å². The van der Waals surface area contributed by atoms with E-state index in [1.807, 2.05) is 42.5 Å². The number of rotatable bonds is 3. The lowest BCUT2D eigenvalue weighted by molar-refractivity contribution is 0.468. The number of aryl methyl sites for hydroxylation is 2. The number of hydrogen-bond acceptors (Lipinski definition) is 4. The van der Waals surface area contributed by atoms with E-state index in [2.05, 4.69) is 29.1 Å². The molecule has 21 heavy (non-hydrogen) atoms. The summed E-state index contributed by atoms with van der Waals surface area (Å²) in [4.78, 5) is 8.85. The van der Waals surface area contributed by atoms with Crippen molar-refractivity contribution in [3.63, 3.8) is 0 Å². The van der Waals surface area contributed by atoms with Crippen molar-refractivity contribution in [3.8, 4) is 11.6 Å². The molecule has 0 unspecified atom stereocenters. The Hall–Kier alpha value is -2.62. The molecule has 1 aromatic heterocycles. The van der Waals surface area contributed by atoms with Crippen LogP contribution in [-0.4, -0.2) is 17.0 Å². The summed E-state index contributed by atoms with van der Waals surface area (Å²) in [7, 11) is 1.80. The van der Waals surface area contributed by atoms with Crippen molar-refractivity contribution in [2.75, 3.05) is 12.4 Å². The van der Waals surface area contributed by atoms with Crippen LogP contribution >= 0.6 is 0 Å². The van der Waals surface area contributed by atoms with Gasteiger partial charge in [0, 0.05) is 7.05 Å². The second kappa shape index (κ2) is 5.40. The Morgan fingerprint density at radius 3 is 2.52 bits per heavy atom. The van der Waals surface area contributed by atoms with E-state index in [4.69, 9.17) is 4.74 Å². The summed E-state index contributed by atoms with van der Waals surface area (Å²) < 4.78 is 5.98. The van der Waals surface area contributed by atoms with Crippen LogP contribution in [-0.2, 0) is 0 Å². The highest BCUT2D eigenvalue weighted by Gasteiger charge is 2.09. The van der Waals surface area contributed by atoms with E-state index < -0.39 is 0 Å². The molecule has 0 aliphatic heterocycles. The second-order valence-electron chi connectivity index (χ2n) is 4.97. The summed E-state index contributed by atoms with van der Waals surface area (Å²) in [6.07, 6.45) is 0. The summed E-state index contributed by atoms with van der Waals surface area (Å²) in [5, 5.41) is 3.86.